The second-order valence-corrected chi connectivity index (χ2v) is 6.84. The smallest absolute Gasteiger partial charge is 0.0941 e. The van der Waals surface area contributed by atoms with E-state index in [0.29, 0.717) is 0 Å². The maximum absolute atomic E-state index is 4.75. The van der Waals surface area contributed by atoms with Crippen LogP contribution in [-0.4, -0.2) is 35.6 Å². The molecule has 0 spiro atoms. The van der Waals surface area contributed by atoms with Crippen LogP contribution in [-0.2, 0) is 13.0 Å². The Bertz CT molecular complexity index is 378. The lowest BCUT2D eigenvalue weighted by Crippen LogP contribution is -2.26. The number of aromatic nitrogens is 1. The molecule has 2 heterocycles. The van der Waals surface area contributed by atoms with Gasteiger partial charge in [0.25, 0.3) is 0 Å². The van der Waals surface area contributed by atoms with E-state index in [1.165, 1.54) is 68.9 Å². The Kier molecular flexibility index (Phi) is 4.86. The monoisotopic (exact) mass is 279 g/mol. The van der Waals surface area contributed by atoms with Gasteiger partial charge in [0.05, 0.1) is 10.7 Å². The highest BCUT2D eigenvalue weighted by molar-refractivity contribution is 7.09. The minimum absolute atomic E-state index is 0.780. The summed E-state index contributed by atoms with van der Waals surface area (Å²) in [5, 5.41) is 7.08. The molecule has 0 amide bonds. The summed E-state index contributed by atoms with van der Waals surface area (Å²) in [5.74, 6) is 0. The fourth-order valence-corrected chi connectivity index (χ4v) is 3.48. The highest BCUT2D eigenvalue weighted by Crippen LogP contribution is 2.20. The summed E-state index contributed by atoms with van der Waals surface area (Å²) in [6, 6.07) is 0.780. The fourth-order valence-electron chi connectivity index (χ4n) is 2.69. The Balaban J connectivity index is 1.41. The van der Waals surface area contributed by atoms with Crippen molar-refractivity contribution in [2.45, 2.75) is 57.5 Å². The van der Waals surface area contributed by atoms with Gasteiger partial charge in [0.2, 0.25) is 0 Å². The molecule has 0 bridgehead atoms. The van der Waals surface area contributed by atoms with Crippen LogP contribution in [0.2, 0.25) is 0 Å². The molecule has 1 aliphatic heterocycles. The van der Waals surface area contributed by atoms with E-state index in [4.69, 9.17) is 4.98 Å². The minimum Gasteiger partial charge on any atom is -0.308 e. The van der Waals surface area contributed by atoms with Crippen LogP contribution in [0.15, 0.2) is 5.38 Å². The normalized spacial score (nSPS) is 21.5. The summed E-state index contributed by atoms with van der Waals surface area (Å²) < 4.78 is 0. The molecule has 2 fully saturated rings. The first-order valence-electron chi connectivity index (χ1n) is 7.79. The van der Waals surface area contributed by atoms with Crippen LogP contribution < -0.4 is 5.32 Å². The fraction of sp³-hybridized carbons (Fsp3) is 0.800. The summed E-state index contributed by atoms with van der Waals surface area (Å²) in [6.07, 6.45) is 9.45. The molecule has 3 rings (SSSR count). The zero-order valence-electron chi connectivity index (χ0n) is 11.7. The molecule has 1 aromatic heterocycles. The van der Waals surface area contributed by atoms with Crippen molar-refractivity contribution in [3.63, 3.8) is 0 Å². The van der Waals surface area contributed by atoms with Crippen LogP contribution in [0.1, 0.15) is 49.2 Å². The SMILES string of the molecule is c1sc(CCN2CCCCCC2)nc1CNC1CC1. The maximum Gasteiger partial charge on any atom is 0.0941 e. The van der Waals surface area contributed by atoms with E-state index in [2.05, 4.69) is 15.6 Å². The van der Waals surface area contributed by atoms with Gasteiger partial charge in [-0.3, -0.25) is 0 Å². The number of rotatable bonds is 6. The first kappa shape index (κ1) is 13.5. The van der Waals surface area contributed by atoms with Gasteiger partial charge in [-0.2, -0.15) is 0 Å². The largest absolute Gasteiger partial charge is 0.308 e. The van der Waals surface area contributed by atoms with Crippen molar-refractivity contribution in [3.05, 3.63) is 16.1 Å². The van der Waals surface area contributed by atoms with E-state index < -0.39 is 0 Å². The Morgan fingerprint density at radius 3 is 2.74 bits per heavy atom. The van der Waals surface area contributed by atoms with Gasteiger partial charge in [-0.05, 0) is 38.8 Å². The van der Waals surface area contributed by atoms with Crippen LogP contribution in [0.25, 0.3) is 0 Å². The second-order valence-electron chi connectivity index (χ2n) is 5.89. The van der Waals surface area contributed by atoms with E-state index in [0.717, 1.165) is 19.0 Å². The molecular formula is C15H25N3S. The van der Waals surface area contributed by atoms with E-state index in [1.54, 1.807) is 0 Å². The van der Waals surface area contributed by atoms with Crippen LogP contribution in [0, 0.1) is 0 Å². The first-order valence-corrected chi connectivity index (χ1v) is 8.67. The number of nitrogens with one attached hydrogen (secondary N) is 1. The van der Waals surface area contributed by atoms with E-state index in [1.807, 2.05) is 11.3 Å². The lowest BCUT2D eigenvalue weighted by atomic mass is 10.2. The van der Waals surface area contributed by atoms with Crippen molar-refractivity contribution in [2.75, 3.05) is 19.6 Å². The molecule has 106 valence electrons. The summed E-state index contributed by atoms with van der Waals surface area (Å²) >= 11 is 1.84. The van der Waals surface area contributed by atoms with Crippen LogP contribution in [0.5, 0.6) is 0 Å². The zero-order valence-corrected chi connectivity index (χ0v) is 12.6. The molecule has 0 atom stereocenters. The van der Waals surface area contributed by atoms with Crippen LogP contribution in [0.3, 0.4) is 0 Å². The molecular weight excluding hydrogens is 254 g/mol. The minimum atomic E-state index is 0.780. The lowest BCUT2D eigenvalue weighted by molar-refractivity contribution is 0.288. The molecule has 2 aliphatic rings. The van der Waals surface area contributed by atoms with Crippen molar-refractivity contribution in [2.24, 2.45) is 0 Å². The van der Waals surface area contributed by atoms with Gasteiger partial charge >= 0.3 is 0 Å². The highest BCUT2D eigenvalue weighted by Gasteiger charge is 2.20. The molecule has 0 aromatic carbocycles. The predicted molar refractivity (Wildman–Crippen MR) is 80.6 cm³/mol. The summed E-state index contributed by atoms with van der Waals surface area (Å²) in [5.41, 5.74) is 1.24. The number of thiazole rings is 1. The Labute approximate surface area is 120 Å². The molecule has 0 radical (unpaired) electrons. The predicted octanol–water partition coefficient (Wildman–Crippen LogP) is 2.81. The van der Waals surface area contributed by atoms with Gasteiger partial charge in [-0.15, -0.1) is 11.3 Å². The van der Waals surface area contributed by atoms with E-state index in [9.17, 15) is 0 Å². The molecule has 1 saturated heterocycles. The average molecular weight is 279 g/mol. The van der Waals surface area contributed by atoms with Gasteiger partial charge in [-0.25, -0.2) is 4.98 Å². The summed E-state index contributed by atoms with van der Waals surface area (Å²) in [6.45, 7) is 4.75. The molecule has 1 aromatic rings. The highest BCUT2D eigenvalue weighted by atomic mass is 32.1. The van der Waals surface area contributed by atoms with Gasteiger partial charge in [0, 0.05) is 30.9 Å². The van der Waals surface area contributed by atoms with E-state index in [-0.39, 0.29) is 0 Å². The lowest BCUT2D eigenvalue weighted by Gasteiger charge is -2.18. The van der Waals surface area contributed by atoms with Crippen LogP contribution >= 0.6 is 11.3 Å². The molecule has 1 saturated carbocycles. The third-order valence-electron chi connectivity index (χ3n) is 4.09. The maximum atomic E-state index is 4.75. The topological polar surface area (TPSA) is 28.2 Å². The first-order chi connectivity index (χ1) is 9.40. The molecule has 3 nitrogen and oxygen atoms in total. The third-order valence-corrected chi connectivity index (χ3v) is 5.05. The average Bonchev–Trinajstić information content (AvgIpc) is 3.20. The van der Waals surface area contributed by atoms with Gasteiger partial charge in [-0.1, -0.05) is 12.8 Å². The van der Waals surface area contributed by atoms with Crippen molar-refractivity contribution in [1.29, 1.82) is 0 Å². The molecule has 19 heavy (non-hydrogen) atoms. The van der Waals surface area contributed by atoms with Crippen molar-refractivity contribution in [3.8, 4) is 0 Å². The van der Waals surface area contributed by atoms with Crippen molar-refractivity contribution >= 4 is 11.3 Å². The van der Waals surface area contributed by atoms with Crippen molar-refractivity contribution < 1.29 is 0 Å². The quantitative estimate of drug-likeness (QED) is 0.868. The molecule has 4 heteroatoms. The van der Waals surface area contributed by atoms with Gasteiger partial charge in [0.15, 0.2) is 0 Å². The Morgan fingerprint density at radius 2 is 2.00 bits per heavy atom. The molecule has 1 aliphatic carbocycles. The molecule has 0 unspecified atom stereocenters. The number of hydrogen-bond acceptors (Lipinski definition) is 4. The van der Waals surface area contributed by atoms with Crippen LogP contribution in [0.4, 0.5) is 0 Å². The Morgan fingerprint density at radius 1 is 1.21 bits per heavy atom. The number of hydrogen-bond donors (Lipinski definition) is 1. The van der Waals surface area contributed by atoms with Gasteiger partial charge in [0.1, 0.15) is 0 Å². The van der Waals surface area contributed by atoms with Gasteiger partial charge < -0.3 is 10.2 Å². The second kappa shape index (κ2) is 6.82. The number of likely N-dealkylation sites (tertiary alicyclic amines) is 1. The van der Waals surface area contributed by atoms with Crippen molar-refractivity contribution in [1.82, 2.24) is 15.2 Å². The molecule has 1 N–H and O–H groups in total. The number of nitrogens with zero attached hydrogens (tertiary/aromatic N) is 2. The van der Waals surface area contributed by atoms with E-state index >= 15 is 0 Å². The Hall–Kier alpha value is -0.450. The summed E-state index contributed by atoms with van der Waals surface area (Å²) in [4.78, 5) is 7.37. The third kappa shape index (κ3) is 4.55. The zero-order chi connectivity index (χ0) is 12.9. The standard InChI is InChI=1S/C15H25N3S/c1-2-4-9-18(8-3-1)10-7-15-17-14(12-19-15)11-16-13-5-6-13/h12-13,16H,1-11H2. The summed E-state index contributed by atoms with van der Waals surface area (Å²) in [7, 11) is 0.